The first-order valence-electron chi connectivity index (χ1n) is 5.05. The Balaban J connectivity index is 2.58. The molecule has 0 aliphatic carbocycles. The number of nitrogens with one attached hydrogen (secondary N) is 1. The van der Waals surface area contributed by atoms with E-state index in [1.165, 1.54) is 12.0 Å². The van der Waals surface area contributed by atoms with Crippen molar-refractivity contribution in [2.75, 3.05) is 7.11 Å². The lowest BCUT2D eigenvalue weighted by molar-refractivity contribution is -0.130. The zero-order chi connectivity index (χ0) is 11.3. The Bertz CT molecular complexity index is 298. The number of amides is 1. The second kappa shape index (κ2) is 5.88. The molecular weight excluding hydrogens is 210 g/mol. The van der Waals surface area contributed by atoms with Crippen LogP contribution in [-0.2, 0) is 9.53 Å². The summed E-state index contributed by atoms with van der Waals surface area (Å²) in [6.45, 7) is 3.80. The van der Waals surface area contributed by atoms with Crippen molar-refractivity contribution in [3.8, 4) is 0 Å². The average Bonchev–Trinajstić information content (AvgIpc) is 2.77. The van der Waals surface area contributed by atoms with E-state index < -0.39 is 0 Å². The number of carbonyl (C=O) groups excluding carboxylic acids is 1. The molecule has 0 fully saturated rings. The van der Waals surface area contributed by atoms with Gasteiger partial charge in [-0.05, 0) is 24.8 Å². The maximum atomic E-state index is 11.6. The number of hydrogen-bond acceptors (Lipinski definition) is 3. The van der Waals surface area contributed by atoms with Gasteiger partial charge in [-0.25, -0.2) is 0 Å². The predicted molar refractivity (Wildman–Crippen MR) is 62.0 cm³/mol. The summed E-state index contributed by atoms with van der Waals surface area (Å²) in [5.41, 5.74) is 0. The van der Waals surface area contributed by atoms with E-state index in [1.54, 1.807) is 18.3 Å². The van der Waals surface area contributed by atoms with E-state index in [2.05, 4.69) is 12.2 Å². The van der Waals surface area contributed by atoms with E-state index in [9.17, 15) is 4.79 Å². The van der Waals surface area contributed by atoms with Gasteiger partial charge in [0.1, 0.15) is 6.10 Å². The maximum Gasteiger partial charge on any atom is 0.249 e. The number of carbonyl (C=O) groups is 1. The molecule has 1 N–H and O–H groups in total. The zero-order valence-corrected chi connectivity index (χ0v) is 10.1. The summed E-state index contributed by atoms with van der Waals surface area (Å²) in [7, 11) is 1.54. The normalized spacial score (nSPS) is 14.6. The van der Waals surface area contributed by atoms with E-state index in [4.69, 9.17) is 4.74 Å². The van der Waals surface area contributed by atoms with Crippen molar-refractivity contribution in [1.29, 1.82) is 0 Å². The van der Waals surface area contributed by atoms with Crippen molar-refractivity contribution in [3.63, 3.8) is 0 Å². The quantitative estimate of drug-likeness (QED) is 0.838. The van der Waals surface area contributed by atoms with Crippen LogP contribution in [0.1, 0.15) is 31.2 Å². The Morgan fingerprint density at radius 3 is 2.87 bits per heavy atom. The lowest BCUT2D eigenvalue weighted by Crippen LogP contribution is -2.36. The van der Waals surface area contributed by atoms with Gasteiger partial charge in [-0.15, -0.1) is 11.3 Å². The van der Waals surface area contributed by atoms with Crippen molar-refractivity contribution in [2.45, 2.75) is 32.4 Å². The second-order valence-electron chi connectivity index (χ2n) is 3.36. The number of thiophene rings is 1. The molecule has 4 heteroatoms. The highest BCUT2D eigenvalue weighted by Gasteiger charge is 2.17. The molecule has 1 amide bonds. The molecule has 1 rings (SSSR count). The van der Waals surface area contributed by atoms with E-state index in [0.29, 0.717) is 0 Å². The van der Waals surface area contributed by atoms with Gasteiger partial charge in [0.2, 0.25) is 5.91 Å². The van der Waals surface area contributed by atoms with Crippen molar-refractivity contribution < 1.29 is 9.53 Å². The molecular formula is C11H17NO2S. The topological polar surface area (TPSA) is 38.3 Å². The van der Waals surface area contributed by atoms with Crippen molar-refractivity contribution in [1.82, 2.24) is 5.32 Å². The number of rotatable bonds is 5. The van der Waals surface area contributed by atoms with Crippen LogP contribution in [0.15, 0.2) is 17.5 Å². The molecule has 15 heavy (non-hydrogen) atoms. The highest BCUT2D eigenvalue weighted by Crippen LogP contribution is 2.21. The second-order valence-corrected chi connectivity index (χ2v) is 4.34. The largest absolute Gasteiger partial charge is 0.372 e. The number of ether oxygens (including phenoxy) is 1. The molecule has 0 aromatic carbocycles. The monoisotopic (exact) mass is 227 g/mol. The van der Waals surface area contributed by atoms with Gasteiger partial charge in [0.25, 0.3) is 0 Å². The van der Waals surface area contributed by atoms with Crippen molar-refractivity contribution >= 4 is 17.2 Å². The molecule has 1 aromatic rings. The summed E-state index contributed by atoms with van der Waals surface area (Å²) < 4.78 is 4.97. The maximum absolute atomic E-state index is 11.6. The molecule has 1 aromatic heterocycles. The molecule has 1 heterocycles. The Morgan fingerprint density at radius 1 is 1.67 bits per heavy atom. The van der Waals surface area contributed by atoms with Crippen LogP contribution in [0.5, 0.6) is 0 Å². The molecule has 0 radical (unpaired) electrons. The minimum atomic E-state index is -0.390. The Kier molecular flexibility index (Phi) is 4.78. The van der Waals surface area contributed by atoms with Gasteiger partial charge in [0, 0.05) is 12.0 Å². The van der Waals surface area contributed by atoms with Gasteiger partial charge in [-0.1, -0.05) is 13.0 Å². The summed E-state index contributed by atoms with van der Waals surface area (Å²) in [4.78, 5) is 12.8. The third-order valence-electron chi connectivity index (χ3n) is 2.33. The summed E-state index contributed by atoms with van der Waals surface area (Å²) in [5, 5.41) is 4.98. The third-order valence-corrected chi connectivity index (χ3v) is 3.32. The minimum absolute atomic E-state index is 0.0576. The Morgan fingerprint density at radius 2 is 2.40 bits per heavy atom. The SMILES string of the molecule is CCC(NC(=O)C(C)OC)c1cccs1. The highest BCUT2D eigenvalue weighted by molar-refractivity contribution is 7.10. The lowest BCUT2D eigenvalue weighted by atomic mass is 10.2. The van der Waals surface area contributed by atoms with Crippen molar-refractivity contribution in [3.05, 3.63) is 22.4 Å². The van der Waals surface area contributed by atoms with Crippen LogP contribution in [0.3, 0.4) is 0 Å². The molecule has 0 bridgehead atoms. The zero-order valence-electron chi connectivity index (χ0n) is 9.32. The lowest BCUT2D eigenvalue weighted by Gasteiger charge is -2.17. The molecule has 0 aliphatic heterocycles. The standard InChI is InChI=1S/C11H17NO2S/c1-4-9(10-6-5-7-15-10)12-11(13)8(2)14-3/h5-9H,4H2,1-3H3,(H,12,13). The van der Waals surface area contributed by atoms with Crippen LogP contribution in [0.25, 0.3) is 0 Å². The molecule has 2 atom stereocenters. The van der Waals surface area contributed by atoms with Crippen LogP contribution in [0.2, 0.25) is 0 Å². The fraction of sp³-hybridized carbons (Fsp3) is 0.545. The first-order chi connectivity index (χ1) is 7.19. The molecule has 0 saturated carbocycles. The first kappa shape index (κ1) is 12.2. The van der Waals surface area contributed by atoms with E-state index in [0.717, 1.165) is 6.42 Å². The minimum Gasteiger partial charge on any atom is -0.372 e. The summed E-state index contributed by atoms with van der Waals surface area (Å²) in [6, 6.07) is 4.14. The summed E-state index contributed by atoms with van der Waals surface area (Å²) in [5.74, 6) is -0.0576. The van der Waals surface area contributed by atoms with E-state index in [1.807, 2.05) is 17.5 Å². The average molecular weight is 227 g/mol. The highest BCUT2D eigenvalue weighted by atomic mass is 32.1. The van der Waals surface area contributed by atoms with Gasteiger partial charge in [0.05, 0.1) is 6.04 Å². The Hall–Kier alpha value is -0.870. The smallest absolute Gasteiger partial charge is 0.249 e. The number of methoxy groups -OCH3 is 1. The van der Waals surface area contributed by atoms with Gasteiger partial charge < -0.3 is 10.1 Å². The van der Waals surface area contributed by atoms with Gasteiger partial charge in [-0.3, -0.25) is 4.79 Å². The molecule has 0 saturated heterocycles. The van der Waals surface area contributed by atoms with Crippen LogP contribution >= 0.6 is 11.3 Å². The Labute approximate surface area is 94.5 Å². The van der Waals surface area contributed by atoms with Gasteiger partial charge in [-0.2, -0.15) is 0 Å². The van der Waals surface area contributed by atoms with Crippen LogP contribution < -0.4 is 5.32 Å². The molecule has 2 unspecified atom stereocenters. The molecule has 0 aliphatic rings. The number of hydrogen-bond donors (Lipinski definition) is 1. The van der Waals surface area contributed by atoms with Crippen LogP contribution in [-0.4, -0.2) is 19.1 Å². The van der Waals surface area contributed by atoms with Crippen LogP contribution in [0.4, 0.5) is 0 Å². The van der Waals surface area contributed by atoms with Gasteiger partial charge >= 0.3 is 0 Å². The summed E-state index contributed by atoms with van der Waals surface area (Å²) in [6.07, 6.45) is 0.502. The molecule has 0 spiro atoms. The van der Waals surface area contributed by atoms with E-state index >= 15 is 0 Å². The molecule has 84 valence electrons. The first-order valence-corrected chi connectivity index (χ1v) is 5.93. The summed E-state index contributed by atoms with van der Waals surface area (Å²) >= 11 is 1.66. The predicted octanol–water partition coefficient (Wildman–Crippen LogP) is 2.35. The third kappa shape index (κ3) is 3.32. The van der Waals surface area contributed by atoms with Crippen molar-refractivity contribution in [2.24, 2.45) is 0 Å². The van der Waals surface area contributed by atoms with Gasteiger partial charge in [0.15, 0.2) is 0 Å². The van der Waals surface area contributed by atoms with E-state index in [-0.39, 0.29) is 18.1 Å². The fourth-order valence-corrected chi connectivity index (χ4v) is 2.12. The molecule has 3 nitrogen and oxygen atoms in total. The van der Waals surface area contributed by atoms with Crippen LogP contribution in [0, 0.1) is 0 Å². The fourth-order valence-electron chi connectivity index (χ4n) is 1.26.